The van der Waals surface area contributed by atoms with Gasteiger partial charge < -0.3 is 10.5 Å². The average molecular weight is 196 g/mol. The van der Waals surface area contributed by atoms with E-state index in [4.69, 9.17) is 10.5 Å². The van der Waals surface area contributed by atoms with Gasteiger partial charge in [0.2, 0.25) is 0 Å². The highest BCUT2D eigenvalue weighted by Gasteiger charge is 2.49. The standard InChI is InChI=1S/C10H16N2O2/c1-2-10(7-5-3-4-6-7)8(11)12-9(13)14-10/h7H,2-6H2,1H3,(H2,11,12,13). The van der Waals surface area contributed by atoms with Crippen molar-refractivity contribution < 1.29 is 9.53 Å². The first-order valence-corrected chi connectivity index (χ1v) is 5.26. The van der Waals surface area contributed by atoms with Crippen molar-refractivity contribution >= 4 is 11.9 Å². The Morgan fingerprint density at radius 3 is 2.64 bits per heavy atom. The number of carbonyl (C=O) groups is 1. The van der Waals surface area contributed by atoms with Crippen LogP contribution in [0.1, 0.15) is 39.0 Å². The lowest BCUT2D eigenvalue weighted by molar-refractivity contribution is 0.0344. The fourth-order valence-corrected chi connectivity index (χ4v) is 2.65. The van der Waals surface area contributed by atoms with Crippen LogP contribution in [0.4, 0.5) is 4.79 Å². The van der Waals surface area contributed by atoms with Gasteiger partial charge in [-0.1, -0.05) is 19.8 Å². The van der Waals surface area contributed by atoms with Crippen LogP contribution in [0.2, 0.25) is 0 Å². The number of aliphatic imine (C=N–C) groups is 1. The fourth-order valence-electron chi connectivity index (χ4n) is 2.65. The van der Waals surface area contributed by atoms with Gasteiger partial charge in [-0.3, -0.25) is 0 Å². The second kappa shape index (κ2) is 3.26. The lowest BCUT2D eigenvalue weighted by Crippen LogP contribution is -2.48. The summed E-state index contributed by atoms with van der Waals surface area (Å²) in [5.74, 6) is 0.764. The van der Waals surface area contributed by atoms with Crippen molar-refractivity contribution in [3.05, 3.63) is 0 Å². The molecule has 2 N–H and O–H groups in total. The Balaban J connectivity index is 2.25. The van der Waals surface area contributed by atoms with Crippen molar-refractivity contribution in [3.8, 4) is 0 Å². The molecule has 1 atom stereocenters. The minimum atomic E-state index is -0.576. The van der Waals surface area contributed by atoms with E-state index in [1.165, 1.54) is 12.8 Å². The molecule has 78 valence electrons. The maximum absolute atomic E-state index is 11.1. The number of hydrogen-bond donors (Lipinski definition) is 1. The van der Waals surface area contributed by atoms with Gasteiger partial charge in [0.15, 0.2) is 11.4 Å². The zero-order chi connectivity index (χ0) is 10.2. The Bertz CT molecular complexity index is 282. The van der Waals surface area contributed by atoms with Gasteiger partial charge in [-0.2, -0.15) is 4.99 Å². The third-order valence-electron chi connectivity index (χ3n) is 3.45. The summed E-state index contributed by atoms with van der Waals surface area (Å²) in [6, 6.07) is 0. The Labute approximate surface area is 83.5 Å². The summed E-state index contributed by atoms with van der Waals surface area (Å²) in [5.41, 5.74) is 5.22. The molecule has 2 aliphatic rings. The predicted octanol–water partition coefficient (Wildman–Crippen LogP) is 1.83. The number of cyclic esters (lactones) is 1. The number of carbonyl (C=O) groups excluding carboxylic acids is 1. The van der Waals surface area contributed by atoms with E-state index >= 15 is 0 Å². The summed E-state index contributed by atoms with van der Waals surface area (Å²) >= 11 is 0. The van der Waals surface area contributed by atoms with E-state index < -0.39 is 11.7 Å². The quantitative estimate of drug-likeness (QED) is 0.732. The van der Waals surface area contributed by atoms with Crippen LogP contribution in [0.25, 0.3) is 0 Å². The van der Waals surface area contributed by atoms with E-state index in [-0.39, 0.29) is 0 Å². The molecule has 1 unspecified atom stereocenters. The Kier molecular flexibility index (Phi) is 2.21. The van der Waals surface area contributed by atoms with Gasteiger partial charge in [0.1, 0.15) is 0 Å². The number of nitrogens with zero attached hydrogens (tertiary/aromatic N) is 1. The molecule has 0 bridgehead atoms. The Morgan fingerprint density at radius 2 is 2.21 bits per heavy atom. The third kappa shape index (κ3) is 1.21. The highest BCUT2D eigenvalue weighted by atomic mass is 16.6. The van der Waals surface area contributed by atoms with Gasteiger partial charge in [0.05, 0.1) is 0 Å². The number of amides is 1. The fraction of sp³-hybridized carbons (Fsp3) is 0.800. The molecule has 0 aromatic carbocycles. The van der Waals surface area contributed by atoms with Crippen LogP contribution in [0.5, 0.6) is 0 Å². The van der Waals surface area contributed by atoms with Crippen LogP contribution >= 0.6 is 0 Å². The van der Waals surface area contributed by atoms with Crippen LogP contribution in [0, 0.1) is 5.92 Å². The van der Waals surface area contributed by atoms with Gasteiger partial charge in [-0.25, -0.2) is 4.79 Å². The summed E-state index contributed by atoms with van der Waals surface area (Å²) in [6.07, 6.45) is 4.82. The van der Waals surface area contributed by atoms with Crippen molar-refractivity contribution in [1.29, 1.82) is 0 Å². The zero-order valence-electron chi connectivity index (χ0n) is 8.45. The van der Waals surface area contributed by atoms with Gasteiger partial charge in [-0.05, 0) is 19.3 Å². The first kappa shape index (κ1) is 9.49. The van der Waals surface area contributed by atoms with Gasteiger partial charge in [-0.15, -0.1) is 0 Å². The molecule has 0 aromatic rings. The molecule has 1 fully saturated rings. The van der Waals surface area contributed by atoms with E-state index in [0.29, 0.717) is 11.8 Å². The number of hydrogen-bond acceptors (Lipinski definition) is 3. The van der Waals surface area contributed by atoms with Crippen molar-refractivity contribution in [2.24, 2.45) is 16.6 Å². The summed E-state index contributed by atoms with van der Waals surface area (Å²) in [7, 11) is 0. The second-order valence-electron chi connectivity index (χ2n) is 4.09. The van der Waals surface area contributed by atoms with Gasteiger partial charge in [0, 0.05) is 5.92 Å². The molecular formula is C10H16N2O2. The van der Waals surface area contributed by atoms with E-state index in [9.17, 15) is 4.79 Å². The summed E-state index contributed by atoms with van der Waals surface area (Å²) < 4.78 is 5.33. The van der Waals surface area contributed by atoms with Crippen molar-refractivity contribution in [2.75, 3.05) is 0 Å². The van der Waals surface area contributed by atoms with Crippen LogP contribution < -0.4 is 5.73 Å². The van der Waals surface area contributed by atoms with Crippen LogP contribution in [0.15, 0.2) is 4.99 Å². The largest absolute Gasteiger partial charge is 0.436 e. The maximum Gasteiger partial charge on any atom is 0.436 e. The number of rotatable bonds is 2. The minimum Gasteiger partial charge on any atom is -0.433 e. The van der Waals surface area contributed by atoms with Crippen molar-refractivity contribution in [3.63, 3.8) is 0 Å². The molecule has 0 spiro atoms. The molecule has 0 saturated heterocycles. The number of amidine groups is 1. The van der Waals surface area contributed by atoms with E-state index in [1.54, 1.807) is 0 Å². The third-order valence-corrected chi connectivity index (χ3v) is 3.45. The molecular weight excluding hydrogens is 180 g/mol. The zero-order valence-corrected chi connectivity index (χ0v) is 8.45. The number of nitrogens with two attached hydrogens (primary N) is 1. The van der Waals surface area contributed by atoms with E-state index in [0.717, 1.165) is 19.3 Å². The van der Waals surface area contributed by atoms with Crippen LogP contribution in [-0.4, -0.2) is 17.5 Å². The number of ether oxygens (including phenoxy) is 1. The van der Waals surface area contributed by atoms with Gasteiger partial charge in [0.25, 0.3) is 0 Å². The first-order chi connectivity index (χ1) is 6.69. The topological polar surface area (TPSA) is 64.7 Å². The molecule has 1 aliphatic carbocycles. The smallest absolute Gasteiger partial charge is 0.433 e. The molecule has 1 aliphatic heterocycles. The summed E-state index contributed by atoms with van der Waals surface area (Å²) in [5, 5.41) is 0. The van der Waals surface area contributed by atoms with Crippen LogP contribution in [-0.2, 0) is 4.74 Å². The second-order valence-corrected chi connectivity index (χ2v) is 4.09. The molecule has 0 aromatic heterocycles. The predicted molar refractivity (Wildman–Crippen MR) is 53.1 cm³/mol. The Hall–Kier alpha value is -1.06. The molecule has 0 radical (unpaired) electrons. The van der Waals surface area contributed by atoms with E-state index in [1.807, 2.05) is 6.92 Å². The highest BCUT2D eigenvalue weighted by molar-refractivity contribution is 6.02. The summed E-state index contributed by atoms with van der Waals surface area (Å²) in [4.78, 5) is 14.8. The summed E-state index contributed by atoms with van der Waals surface area (Å²) in [6.45, 7) is 2.00. The SMILES string of the molecule is CCC1(C2CCCC2)OC(=O)N=C1N. The molecule has 1 amide bonds. The molecule has 4 nitrogen and oxygen atoms in total. The van der Waals surface area contributed by atoms with E-state index in [2.05, 4.69) is 4.99 Å². The maximum atomic E-state index is 11.1. The lowest BCUT2D eigenvalue weighted by Gasteiger charge is -2.32. The monoisotopic (exact) mass is 196 g/mol. The van der Waals surface area contributed by atoms with Gasteiger partial charge >= 0.3 is 6.09 Å². The molecule has 1 saturated carbocycles. The van der Waals surface area contributed by atoms with Crippen molar-refractivity contribution in [2.45, 2.75) is 44.6 Å². The lowest BCUT2D eigenvalue weighted by atomic mass is 9.83. The normalized spacial score (nSPS) is 33.2. The molecule has 1 heterocycles. The molecule has 4 heteroatoms. The average Bonchev–Trinajstić information content (AvgIpc) is 2.73. The minimum absolute atomic E-state index is 0.377. The highest BCUT2D eigenvalue weighted by Crippen LogP contribution is 2.41. The first-order valence-electron chi connectivity index (χ1n) is 5.26. The Morgan fingerprint density at radius 1 is 1.57 bits per heavy atom. The molecule has 2 rings (SSSR count). The molecule has 14 heavy (non-hydrogen) atoms. The van der Waals surface area contributed by atoms with Crippen LogP contribution in [0.3, 0.4) is 0 Å². The van der Waals surface area contributed by atoms with Crippen molar-refractivity contribution in [1.82, 2.24) is 0 Å².